The van der Waals surface area contributed by atoms with Gasteiger partial charge in [0.05, 0.1) is 10.6 Å². The molecule has 2 rings (SSSR count). The van der Waals surface area contributed by atoms with E-state index in [1.807, 2.05) is 6.26 Å². The van der Waals surface area contributed by atoms with Gasteiger partial charge in [-0.15, -0.1) is 0 Å². The van der Waals surface area contributed by atoms with Gasteiger partial charge < -0.3 is 5.32 Å². The molecule has 2 aromatic rings. The number of sulfonamides is 1. The van der Waals surface area contributed by atoms with Crippen molar-refractivity contribution >= 4 is 51.0 Å². The minimum atomic E-state index is -3.69. The highest BCUT2D eigenvalue weighted by Gasteiger charge is 2.09. The summed E-state index contributed by atoms with van der Waals surface area (Å²) in [6.07, 6.45) is 1.89. The number of carbonyl (C=O) groups is 1. The zero-order chi connectivity index (χ0) is 16.9. The topological polar surface area (TPSA) is 115 Å². The van der Waals surface area contributed by atoms with Crippen molar-refractivity contribution in [3.8, 4) is 0 Å². The van der Waals surface area contributed by atoms with E-state index in [-0.39, 0.29) is 16.6 Å². The van der Waals surface area contributed by atoms with E-state index in [4.69, 9.17) is 5.14 Å². The van der Waals surface area contributed by atoms with Crippen LogP contribution in [-0.2, 0) is 21.4 Å². The summed E-state index contributed by atoms with van der Waals surface area (Å²) in [5.74, 6) is 0.115. The number of aromatic nitrogens is 2. The molecule has 1 amide bonds. The predicted molar refractivity (Wildman–Crippen MR) is 92.1 cm³/mol. The summed E-state index contributed by atoms with van der Waals surface area (Å²) in [5, 5.41) is 8.48. The lowest BCUT2D eigenvalue weighted by molar-refractivity contribution is -0.118. The van der Waals surface area contributed by atoms with Gasteiger partial charge >= 0.3 is 0 Å². The molecule has 0 unspecified atom stereocenters. The van der Waals surface area contributed by atoms with Gasteiger partial charge in [-0.05, 0) is 35.5 Å². The maximum atomic E-state index is 11.8. The lowest BCUT2D eigenvalue weighted by Crippen LogP contribution is -2.24. The first-order valence-corrected chi connectivity index (χ1v) is 10.8. The summed E-state index contributed by atoms with van der Waals surface area (Å²) in [5.41, 5.74) is 0.788. The molecule has 0 spiro atoms. The van der Waals surface area contributed by atoms with Gasteiger partial charge in [-0.3, -0.25) is 4.79 Å². The highest BCUT2D eigenvalue weighted by molar-refractivity contribution is 8.01. The van der Waals surface area contributed by atoms with Crippen LogP contribution < -0.4 is 10.5 Å². The fourth-order valence-electron chi connectivity index (χ4n) is 1.51. The van der Waals surface area contributed by atoms with Gasteiger partial charge in [0.2, 0.25) is 21.1 Å². The zero-order valence-electron chi connectivity index (χ0n) is 12.1. The molecule has 0 bridgehead atoms. The van der Waals surface area contributed by atoms with E-state index in [1.165, 1.54) is 47.2 Å². The van der Waals surface area contributed by atoms with Gasteiger partial charge in [-0.2, -0.15) is 4.37 Å². The number of nitrogens with zero attached hydrogens (tertiary/aromatic N) is 2. The molecule has 1 aromatic heterocycles. The molecule has 1 heterocycles. The number of nitrogens with two attached hydrogens (primary N) is 1. The Labute approximate surface area is 146 Å². The Bertz CT molecular complexity index is 774. The van der Waals surface area contributed by atoms with Crippen LogP contribution in [0.15, 0.2) is 38.7 Å². The summed E-state index contributed by atoms with van der Waals surface area (Å²) in [7, 11) is -3.69. The molecule has 0 aliphatic carbocycles. The Hall–Kier alpha value is -1.14. The van der Waals surface area contributed by atoms with Crippen LogP contribution in [0.4, 0.5) is 0 Å². The van der Waals surface area contributed by atoms with Crippen molar-refractivity contribution < 1.29 is 13.2 Å². The third-order valence-electron chi connectivity index (χ3n) is 2.64. The lowest BCUT2D eigenvalue weighted by atomic mass is 10.2. The van der Waals surface area contributed by atoms with Crippen molar-refractivity contribution in [1.82, 2.24) is 14.7 Å². The first-order chi connectivity index (χ1) is 10.9. The molecule has 7 nitrogen and oxygen atoms in total. The van der Waals surface area contributed by atoms with Crippen LogP contribution in [0.3, 0.4) is 0 Å². The molecule has 0 aliphatic heterocycles. The molecule has 0 saturated heterocycles. The molecule has 0 radical (unpaired) electrons. The average Bonchev–Trinajstić information content (AvgIpc) is 2.98. The maximum Gasteiger partial charge on any atom is 0.238 e. The quantitative estimate of drug-likeness (QED) is 0.685. The van der Waals surface area contributed by atoms with Crippen molar-refractivity contribution in [1.29, 1.82) is 0 Å². The Balaban J connectivity index is 1.80. The second kappa shape index (κ2) is 8.11. The normalized spacial score (nSPS) is 11.4. The first kappa shape index (κ1) is 18.2. The van der Waals surface area contributed by atoms with Gasteiger partial charge in [-0.1, -0.05) is 35.7 Å². The van der Waals surface area contributed by atoms with E-state index >= 15 is 0 Å². The van der Waals surface area contributed by atoms with Crippen LogP contribution in [0.5, 0.6) is 0 Å². The number of hydrogen-bond acceptors (Lipinski definition) is 8. The summed E-state index contributed by atoms with van der Waals surface area (Å²) >= 11 is 4.05. The lowest BCUT2D eigenvalue weighted by Gasteiger charge is -2.05. The van der Waals surface area contributed by atoms with Gasteiger partial charge in [0.1, 0.15) is 0 Å². The molecule has 1 aromatic carbocycles. The number of rotatable bonds is 7. The minimum Gasteiger partial charge on any atom is -0.351 e. The second-order valence-electron chi connectivity index (χ2n) is 4.30. The molecule has 0 aliphatic rings. The van der Waals surface area contributed by atoms with Crippen molar-refractivity contribution in [2.75, 3.05) is 12.0 Å². The predicted octanol–water partition coefficient (Wildman–Crippen LogP) is 1.32. The van der Waals surface area contributed by atoms with Crippen LogP contribution in [0.25, 0.3) is 0 Å². The molecular weight excluding hydrogens is 376 g/mol. The molecule has 23 heavy (non-hydrogen) atoms. The Morgan fingerprint density at radius 2 is 2.04 bits per heavy atom. The SMILES string of the molecule is CSc1nsc(SCC(=O)NCc2ccc(S(N)(=O)=O)cc2)n1. The van der Waals surface area contributed by atoms with E-state index < -0.39 is 10.0 Å². The summed E-state index contributed by atoms with van der Waals surface area (Å²) < 4.78 is 27.2. The fourth-order valence-corrected chi connectivity index (χ4v) is 4.07. The largest absolute Gasteiger partial charge is 0.351 e. The van der Waals surface area contributed by atoms with Gasteiger partial charge in [0.25, 0.3) is 0 Å². The number of amides is 1. The zero-order valence-corrected chi connectivity index (χ0v) is 15.3. The maximum absolute atomic E-state index is 11.8. The highest BCUT2D eigenvalue weighted by Crippen LogP contribution is 2.23. The molecule has 124 valence electrons. The summed E-state index contributed by atoms with van der Waals surface area (Å²) in [4.78, 5) is 16.1. The van der Waals surface area contributed by atoms with E-state index in [0.29, 0.717) is 11.7 Å². The molecule has 0 fully saturated rings. The Morgan fingerprint density at radius 1 is 1.35 bits per heavy atom. The van der Waals surface area contributed by atoms with Crippen molar-refractivity contribution in [2.24, 2.45) is 5.14 Å². The third kappa shape index (κ3) is 5.77. The van der Waals surface area contributed by atoms with Crippen molar-refractivity contribution in [3.05, 3.63) is 29.8 Å². The van der Waals surface area contributed by atoms with E-state index in [0.717, 1.165) is 9.90 Å². The highest BCUT2D eigenvalue weighted by atomic mass is 32.2. The fraction of sp³-hybridized carbons (Fsp3) is 0.250. The second-order valence-corrected chi connectivity index (χ2v) is 8.61. The number of benzene rings is 1. The smallest absolute Gasteiger partial charge is 0.238 e. The Morgan fingerprint density at radius 3 is 2.61 bits per heavy atom. The van der Waals surface area contributed by atoms with Crippen LogP contribution in [0.1, 0.15) is 5.56 Å². The molecule has 0 atom stereocenters. The minimum absolute atomic E-state index is 0.0454. The van der Waals surface area contributed by atoms with E-state index in [2.05, 4.69) is 14.7 Å². The summed E-state index contributed by atoms with van der Waals surface area (Å²) in [6.45, 7) is 0.316. The average molecular weight is 391 g/mol. The Kier molecular flexibility index (Phi) is 6.41. The molecular formula is C12H14N4O3S4. The first-order valence-electron chi connectivity index (χ1n) is 6.27. The van der Waals surface area contributed by atoms with Crippen LogP contribution >= 0.6 is 35.1 Å². The van der Waals surface area contributed by atoms with Crippen LogP contribution in [0, 0.1) is 0 Å². The summed E-state index contributed by atoms with van der Waals surface area (Å²) in [6, 6.07) is 6.05. The van der Waals surface area contributed by atoms with Crippen molar-refractivity contribution in [3.63, 3.8) is 0 Å². The molecule has 3 N–H and O–H groups in total. The van der Waals surface area contributed by atoms with Gasteiger partial charge in [0.15, 0.2) is 4.34 Å². The molecule has 0 saturated carbocycles. The third-order valence-corrected chi connectivity index (χ3v) is 6.07. The van der Waals surface area contributed by atoms with Gasteiger partial charge in [0, 0.05) is 6.54 Å². The van der Waals surface area contributed by atoms with Crippen molar-refractivity contribution in [2.45, 2.75) is 20.9 Å². The van der Waals surface area contributed by atoms with Gasteiger partial charge in [-0.25, -0.2) is 18.5 Å². The number of thioether (sulfide) groups is 2. The number of primary sulfonamides is 1. The van der Waals surface area contributed by atoms with Crippen LogP contribution in [0.2, 0.25) is 0 Å². The molecule has 11 heteroatoms. The number of carbonyl (C=O) groups excluding carboxylic acids is 1. The standard InChI is InChI=1S/C12H14N4O3S4/c1-20-11-15-12(22-16-11)21-7-10(17)14-6-8-2-4-9(5-3-8)23(13,18)19/h2-5H,6-7H2,1H3,(H,14,17)(H2,13,18,19). The van der Waals surface area contributed by atoms with E-state index in [1.54, 1.807) is 12.1 Å². The van der Waals surface area contributed by atoms with Crippen LogP contribution in [-0.4, -0.2) is 35.7 Å². The monoisotopic (exact) mass is 390 g/mol. The number of hydrogen-bond donors (Lipinski definition) is 2. The number of nitrogens with one attached hydrogen (secondary N) is 1. The van der Waals surface area contributed by atoms with E-state index in [9.17, 15) is 13.2 Å².